The summed E-state index contributed by atoms with van der Waals surface area (Å²) in [4.78, 5) is 17.0. The molecule has 124 valence electrons. The zero-order valence-corrected chi connectivity index (χ0v) is 13.6. The number of methoxy groups -OCH3 is 1. The first-order chi connectivity index (χ1) is 11.8. The highest BCUT2D eigenvalue weighted by molar-refractivity contribution is 5.77. The summed E-state index contributed by atoms with van der Waals surface area (Å²) in [5.74, 6) is 1.15. The molecule has 1 unspecified atom stereocenters. The zero-order valence-electron chi connectivity index (χ0n) is 13.6. The summed E-state index contributed by atoms with van der Waals surface area (Å²) in [5.41, 5.74) is 3.09. The van der Waals surface area contributed by atoms with E-state index in [0.717, 1.165) is 42.9 Å². The number of hydrogen-bond donors (Lipinski definition) is 2. The van der Waals surface area contributed by atoms with E-state index in [2.05, 4.69) is 15.4 Å². The highest BCUT2D eigenvalue weighted by Crippen LogP contribution is 2.27. The van der Waals surface area contributed by atoms with E-state index in [1.807, 2.05) is 34.8 Å². The molecule has 2 aromatic heterocycles. The Kier molecular flexibility index (Phi) is 3.82. The van der Waals surface area contributed by atoms with Crippen molar-refractivity contribution in [1.82, 2.24) is 19.9 Å². The Balaban J connectivity index is 1.84. The maximum absolute atomic E-state index is 12.6. The lowest BCUT2D eigenvalue weighted by Crippen LogP contribution is -2.29. The Morgan fingerprint density at radius 1 is 1.25 bits per heavy atom. The molecule has 0 aliphatic carbocycles. The first kappa shape index (κ1) is 15.0. The molecule has 4 rings (SSSR count). The number of piperidine rings is 1. The van der Waals surface area contributed by atoms with Crippen LogP contribution in [0.3, 0.4) is 0 Å². The smallest absolute Gasteiger partial charge is 0.274 e. The highest BCUT2D eigenvalue weighted by Gasteiger charge is 2.21. The molecule has 6 heteroatoms. The second kappa shape index (κ2) is 6.13. The summed E-state index contributed by atoms with van der Waals surface area (Å²) >= 11 is 0. The van der Waals surface area contributed by atoms with Gasteiger partial charge in [0, 0.05) is 24.4 Å². The molecule has 1 saturated heterocycles. The van der Waals surface area contributed by atoms with Crippen LogP contribution < -0.4 is 15.6 Å². The Bertz CT molecular complexity index is 905. The number of fused-ring (bicyclic) bond motifs is 1. The molecular weight excluding hydrogens is 304 g/mol. The molecule has 0 saturated carbocycles. The molecule has 1 aliphatic rings. The number of benzene rings is 1. The lowest BCUT2D eigenvalue weighted by Gasteiger charge is -2.23. The number of nitrogens with one attached hydrogen (secondary N) is 2. The summed E-state index contributed by atoms with van der Waals surface area (Å²) in [6.07, 6.45) is 4.05. The number of H-pyrrole nitrogens is 1. The molecule has 1 fully saturated rings. The summed E-state index contributed by atoms with van der Waals surface area (Å²) in [6.45, 7) is 1.99. The normalized spacial score (nSPS) is 18.0. The Morgan fingerprint density at radius 3 is 2.79 bits per heavy atom. The maximum Gasteiger partial charge on any atom is 0.274 e. The lowest BCUT2D eigenvalue weighted by atomic mass is 9.96. The van der Waals surface area contributed by atoms with Gasteiger partial charge in [0.15, 0.2) is 5.65 Å². The quantitative estimate of drug-likeness (QED) is 0.774. The van der Waals surface area contributed by atoms with Crippen molar-refractivity contribution in [2.24, 2.45) is 0 Å². The van der Waals surface area contributed by atoms with E-state index in [1.54, 1.807) is 13.3 Å². The standard InChI is InChI=1S/C18H20N4O2/c1-24-14-6-4-12(5-7-14)16-17-20-10-8-15(22(17)21-18(16)23)13-3-2-9-19-11-13/h4-8,10,13,19H,2-3,9,11H2,1H3,(H,21,23). The van der Waals surface area contributed by atoms with E-state index in [-0.39, 0.29) is 5.56 Å². The molecule has 0 amide bonds. The van der Waals surface area contributed by atoms with Crippen molar-refractivity contribution in [3.05, 3.63) is 52.6 Å². The van der Waals surface area contributed by atoms with Crippen molar-refractivity contribution in [2.45, 2.75) is 18.8 Å². The Morgan fingerprint density at radius 2 is 2.08 bits per heavy atom. The molecule has 0 radical (unpaired) electrons. The third-order valence-electron chi connectivity index (χ3n) is 4.67. The topological polar surface area (TPSA) is 71.4 Å². The van der Waals surface area contributed by atoms with Gasteiger partial charge in [0.05, 0.1) is 12.7 Å². The van der Waals surface area contributed by atoms with Crippen LogP contribution in [0.4, 0.5) is 0 Å². The van der Waals surface area contributed by atoms with Crippen molar-refractivity contribution < 1.29 is 4.74 Å². The number of aromatic amines is 1. The molecule has 0 spiro atoms. The van der Waals surface area contributed by atoms with Crippen molar-refractivity contribution in [1.29, 1.82) is 0 Å². The van der Waals surface area contributed by atoms with Gasteiger partial charge in [-0.15, -0.1) is 0 Å². The van der Waals surface area contributed by atoms with Gasteiger partial charge in [0.25, 0.3) is 5.56 Å². The van der Waals surface area contributed by atoms with E-state index in [1.165, 1.54) is 0 Å². The van der Waals surface area contributed by atoms with Gasteiger partial charge in [-0.1, -0.05) is 12.1 Å². The van der Waals surface area contributed by atoms with Crippen LogP contribution in [-0.2, 0) is 0 Å². The van der Waals surface area contributed by atoms with Gasteiger partial charge in [-0.3, -0.25) is 9.89 Å². The van der Waals surface area contributed by atoms with E-state index < -0.39 is 0 Å². The monoisotopic (exact) mass is 324 g/mol. The highest BCUT2D eigenvalue weighted by atomic mass is 16.5. The molecule has 1 aromatic carbocycles. The predicted molar refractivity (Wildman–Crippen MR) is 92.6 cm³/mol. The van der Waals surface area contributed by atoms with Crippen LogP contribution in [-0.4, -0.2) is 34.8 Å². The zero-order chi connectivity index (χ0) is 16.5. The minimum atomic E-state index is -0.121. The van der Waals surface area contributed by atoms with Crippen LogP contribution >= 0.6 is 0 Å². The van der Waals surface area contributed by atoms with Crippen LogP contribution in [0, 0.1) is 0 Å². The molecule has 6 nitrogen and oxygen atoms in total. The molecule has 1 aliphatic heterocycles. The summed E-state index contributed by atoms with van der Waals surface area (Å²) in [6, 6.07) is 9.48. The largest absolute Gasteiger partial charge is 0.497 e. The van der Waals surface area contributed by atoms with Gasteiger partial charge in [0.1, 0.15) is 5.75 Å². The van der Waals surface area contributed by atoms with E-state index in [4.69, 9.17) is 4.74 Å². The SMILES string of the molecule is COc1ccc(-c2c(=O)[nH]n3c(C4CCCNC4)ccnc23)cc1. The minimum Gasteiger partial charge on any atom is -0.497 e. The van der Waals surface area contributed by atoms with E-state index >= 15 is 0 Å². The van der Waals surface area contributed by atoms with Crippen molar-refractivity contribution in [3.8, 4) is 16.9 Å². The van der Waals surface area contributed by atoms with Gasteiger partial charge >= 0.3 is 0 Å². The van der Waals surface area contributed by atoms with Crippen molar-refractivity contribution in [2.75, 3.05) is 20.2 Å². The molecule has 0 bridgehead atoms. The van der Waals surface area contributed by atoms with Crippen LogP contribution in [0.2, 0.25) is 0 Å². The first-order valence-corrected chi connectivity index (χ1v) is 8.22. The van der Waals surface area contributed by atoms with Gasteiger partial charge in [-0.25, -0.2) is 9.50 Å². The number of hydrogen-bond acceptors (Lipinski definition) is 4. The molecule has 2 N–H and O–H groups in total. The molecular formula is C18H20N4O2. The summed E-state index contributed by atoms with van der Waals surface area (Å²) < 4.78 is 7.04. The van der Waals surface area contributed by atoms with Gasteiger partial charge in [-0.2, -0.15) is 0 Å². The third-order valence-corrected chi connectivity index (χ3v) is 4.67. The number of ether oxygens (including phenoxy) is 1. The number of nitrogens with zero attached hydrogens (tertiary/aromatic N) is 2. The van der Waals surface area contributed by atoms with Gasteiger partial charge in [0.2, 0.25) is 0 Å². The van der Waals surface area contributed by atoms with Gasteiger partial charge in [-0.05, 0) is 43.1 Å². The minimum absolute atomic E-state index is 0.121. The fraction of sp³-hybridized carbons (Fsp3) is 0.333. The second-order valence-corrected chi connectivity index (χ2v) is 6.12. The number of aromatic nitrogens is 3. The van der Waals surface area contributed by atoms with Crippen LogP contribution in [0.15, 0.2) is 41.3 Å². The lowest BCUT2D eigenvalue weighted by molar-refractivity contribution is 0.415. The summed E-state index contributed by atoms with van der Waals surface area (Å²) in [7, 11) is 1.63. The molecule has 3 aromatic rings. The number of rotatable bonds is 3. The Hall–Kier alpha value is -2.60. The average molecular weight is 324 g/mol. The fourth-order valence-corrected chi connectivity index (χ4v) is 3.43. The van der Waals surface area contributed by atoms with E-state index in [9.17, 15) is 4.79 Å². The van der Waals surface area contributed by atoms with E-state index in [0.29, 0.717) is 17.1 Å². The van der Waals surface area contributed by atoms with Crippen molar-refractivity contribution >= 4 is 5.65 Å². The van der Waals surface area contributed by atoms with Crippen LogP contribution in [0.25, 0.3) is 16.8 Å². The predicted octanol–water partition coefficient (Wildman–Crippen LogP) is 2.17. The third kappa shape index (κ3) is 2.49. The fourth-order valence-electron chi connectivity index (χ4n) is 3.43. The van der Waals surface area contributed by atoms with Crippen molar-refractivity contribution in [3.63, 3.8) is 0 Å². The van der Waals surface area contributed by atoms with Crippen LogP contribution in [0.1, 0.15) is 24.5 Å². The van der Waals surface area contributed by atoms with Gasteiger partial charge < -0.3 is 10.1 Å². The maximum atomic E-state index is 12.6. The first-order valence-electron chi connectivity index (χ1n) is 8.22. The average Bonchev–Trinajstić information content (AvgIpc) is 2.98. The summed E-state index contributed by atoms with van der Waals surface area (Å²) in [5, 5.41) is 6.38. The molecule has 1 atom stereocenters. The molecule has 24 heavy (non-hydrogen) atoms. The second-order valence-electron chi connectivity index (χ2n) is 6.12. The Labute approximate surface area is 139 Å². The van der Waals surface area contributed by atoms with Crippen LogP contribution in [0.5, 0.6) is 5.75 Å². The molecule has 3 heterocycles.